The molecule has 5 rings (SSSR count). The van der Waals surface area contributed by atoms with Gasteiger partial charge in [0, 0.05) is 58.5 Å². The van der Waals surface area contributed by atoms with Gasteiger partial charge in [-0.25, -0.2) is 13.6 Å². The molecule has 0 aliphatic carbocycles. The van der Waals surface area contributed by atoms with Gasteiger partial charge >= 0.3 is 6.03 Å². The third kappa shape index (κ3) is 5.68. The second-order valence-corrected chi connectivity index (χ2v) is 10.7. The summed E-state index contributed by atoms with van der Waals surface area (Å²) in [6, 6.07) is 9.67. The largest absolute Gasteiger partial charge is 0.381 e. The van der Waals surface area contributed by atoms with Crippen molar-refractivity contribution in [3.63, 3.8) is 0 Å². The molecule has 7 nitrogen and oxygen atoms in total. The van der Waals surface area contributed by atoms with Crippen molar-refractivity contribution in [2.45, 2.75) is 50.7 Å². The molecule has 0 unspecified atom stereocenters. The normalized spacial score (nSPS) is 22.2. The van der Waals surface area contributed by atoms with E-state index in [9.17, 15) is 14.0 Å². The van der Waals surface area contributed by atoms with E-state index in [0.717, 1.165) is 39.0 Å². The highest BCUT2D eigenvalue weighted by Crippen LogP contribution is 2.26. The summed E-state index contributed by atoms with van der Waals surface area (Å²) in [6.07, 6.45) is 3.59. The van der Waals surface area contributed by atoms with Crippen LogP contribution in [0.4, 0.5) is 13.6 Å². The van der Waals surface area contributed by atoms with Crippen LogP contribution in [0, 0.1) is 18.6 Å². The Labute approximate surface area is 222 Å². The average molecular weight is 527 g/mol. The smallest absolute Gasteiger partial charge is 0.320 e. The molecule has 2 aromatic rings. The summed E-state index contributed by atoms with van der Waals surface area (Å²) >= 11 is 0. The highest BCUT2D eigenvalue weighted by atomic mass is 19.1. The Kier molecular flexibility index (Phi) is 7.95. The average Bonchev–Trinajstić information content (AvgIpc) is 3.60. The number of hydrogen-bond acceptors (Lipinski definition) is 4. The first kappa shape index (κ1) is 26.6. The zero-order valence-corrected chi connectivity index (χ0v) is 22.1. The minimum absolute atomic E-state index is 0.00508. The van der Waals surface area contributed by atoms with E-state index < -0.39 is 11.7 Å². The van der Waals surface area contributed by atoms with Crippen LogP contribution in [0.2, 0.25) is 0 Å². The molecule has 1 N–H and O–H groups in total. The molecule has 0 bridgehead atoms. The lowest BCUT2D eigenvalue weighted by Crippen LogP contribution is -2.46. The SMILES string of the molecule is Cc1ccc(-c2ccc(C(=O)N(C)[C@H]3CCN(C(=O)N4CC[C@@H](NC5CCOCC5)C4)C3)c(F)c2)cc1F. The fourth-order valence-corrected chi connectivity index (χ4v) is 5.70. The van der Waals surface area contributed by atoms with Gasteiger partial charge in [0.2, 0.25) is 0 Å². The molecular formula is C29H36F2N4O3. The summed E-state index contributed by atoms with van der Waals surface area (Å²) in [7, 11) is 1.66. The van der Waals surface area contributed by atoms with Crippen LogP contribution in [0.3, 0.4) is 0 Å². The predicted molar refractivity (Wildman–Crippen MR) is 141 cm³/mol. The number of nitrogens with zero attached hydrogens (tertiary/aromatic N) is 3. The van der Waals surface area contributed by atoms with Gasteiger partial charge in [-0.3, -0.25) is 4.79 Å². The maximum atomic E-state index is 15.0. The highest BCUT2D eigenvalue weighted by Gasteiger charge is 2.36. The summed E-state index contributed by atoms with van der Waals surface area (Å²) in [5, 5.41) is 3.68. The van der Waals surface area contributed by atoms with Crippen LogP contribution < -0.4 is 5.32 Å². The lowest BCUT2D eigenvalue weighted by atomic mass is 10.0. The maximum Gasteiger partial charge on any atom is 0.320 e. The van der Waals surface area contributed by atoms with Crippen LogP contribution in [0.25, 0.3) is 11.1 Å². The van der Waals surface area contributed by atoms with Crippen LogP contribution >= 0.6 is 0 Å². The number of carbonyl (C=O) groups is 2. The van der Waals surface area contributed by atoms with Gasteiger partial charge in [-0.1, -0.05) is 18.2 Å². The molecule has 2 atom stereocenters. The van der Waals surface area contributed by atoms with E-state index in [0.29, 0.717) is 54.8 Å². The van der Waals surface area contributed by atoms with Crippen LogP contribution in [0.5, 0.6) is 0 Å². The van der Waals surface area contributed by atoms with Crippen molar-refractivity contribution in [1.29, 1.82) is 0 Å². The van der Waals surface area contributed by atoms with Gasteiger partial charge in [0.1, 0.15) is 11.6 Å². The zero-order chi connectivity index (χ0) is 26.8. The van der Waals surface area contributed by atoms with Crippen molar-refractivity contribution < 1.29 is 23.1 Å². The molecule has 0 saturated carbocycles. The number of urea groups is 1. The fraction of sp³-hybridized carbons (Fsp3) is 0.517. The Morgan fingerprint density at radius 3 is 2.26 bits per heavy atom. The number of aryl methyl sites for hydroxylation is 1. The molecule has 3 aliphatic rings. The third-order valence-electron chi connectivity index (χ3n) is 8.16. The molecule has 3 fully saturated rings. The van der Waals surface area contributed by atoms with E-state index in [1.165, 1.54) is 23.1 Å². The van der Waals surface area contributed by atoms with E-state index in [4.69, 9.17) is 4.74 Å². The van der Waals surface area contributed by atoms with E-state index in [1.54, 1.807) is 37.1 Å². The summed E-state index contributed by atoms with van der Waals surface area (Å²) in [6.45, 7) is 5.65. The molecule has 2 aromatic carbocycles. The number of amides is 3. The Morgan fingerprint density at radius 2 is 1.55 bits per heavy atom. The van der Waals surface area contributed by atoms with E-state index in [2.05, 4.69) is 5.32 Å². The van der Waals surface area contributed by atoms with Crippen LogP contribution in [0.1, 0.15) is 41.6 Å². The number of ether oxygens (including phenoxy) is 1. The molecule has 3 aliphatic heterocycles. The number of carbonyl (C=O) groups excluding carboxylic acids is 2. The number of rotatable bonds is 5. The van der Waals surface area contributed by atoms with Crippen molar-refractivity contribution in [2.24, 2.45) is 0 Å². The van der Waals surface area contributed by atoms with Crippen molar-refractivity contribution in [2.75, 3.05) is 46.4 Å². The second-order valence-electron chi connectivity index (χ2n) is 10.7. The van der Waals surface area contributed by atoms with Gasteiger partial charge in [0.15, 0.2) is 0 Å². The Bertz CT molecular complexity index is 1190. The van der Waals surface area contributed by atoms with Crippen LogP contribution in [-0.4, -0.2) is 91.2 Å². The van der Waals surface area contributed by atoms with E-state index >= 15 is 4.39 Å². The number of halogens is 2. The molecular weight excluding hydrogens is 490 g/mol. The first-order valence-corrected chi connectivity index (χ1v) is 13.5. The minimum atomic E-state index is -0.647. The van der Waals surface area contributed by atoms with Crippen molar-refractivity contribution in [1.82, 2.24) is 20.0 Å². The summed E-state index contributed by atoms with van der Waals surface area (Å²) in [5.74, 6) is -1.43. The summed E-state index contributed by atoms with van der Waals surface area (Å²) < 4.78 is 34.4. The maximum absolute atomic E-state index is 15.0. The molecule has 204 valence electrons. The van der Waals surface area contributed by atoms with Gasteiger partial charge in [0.05, 0.1) is 11.6 Å². The van der Waals surface area contributed by atoms with Gasteiger partial charge < -0.3 is 24.8 Å². The summed E-state index contributed by atoms with van der Waals surface area (Å²) in [5.41, 5.74) is 1.54. The van der Waals surface area contributed by atoms with Crippen LogP contribution in [0.15, 0.2) is 36.4 Å². The first-order valence-electron chi connectivity index (χ1n) is 13.5. The quantitative estimate of drug-likeness (QED) is 0.639. The Hall–Kier alpha value is -3.04. The molecule has 38 heavy (non-hydrogen) atoms. The predicted octanol–water partition coefficient (Wildman–Crippen LogP) is 4.05. The van der Waals surface area contributed by atoms with Crippen molar-refractivity contribution in [3.05, 3.63) is 59.2 Å². The molecule has 9 heteroatoms. The van der Waals surface area contributed by atoms with Gasteiger partial charge in [-0.05, 0) is 67.5 Å². The standard InChI is InChI=1S/C29H36F2N4O3/c1-19-3-4-20(15-26(19)30)21-5-6-25(27(31)16-21)28(36)33(2)24-8-12-35(18-24)29(37)34-11-7-23(17-34)32-22-9-13-38-14-10-22/h3-6,15-16,22-24,32H,7-14,17-18H2,1-2H3/t23-,24+/m1/s1. The van der Waals surface area contributed by atoms with Gasteiger partial charge in [0.25, 0.3) is 5.91 Å². The number of nitrogens with one attached hydrogen (secondary N) is 1. The molecule has 3 heterocycles. The van der Waals surface area contributed by atoms with Gasteiger partial charge in [-0.2, -0.15) is 0 Å². The molecule has 0 radical (unpaired) electrons. The highest BCUT2D eigenvalue weighted by molar-refractivity contribution is 5.95. The lowest BCUT2D eigenvalue weighted by Gasteiger charge is -2.28. The number of likely N-dealkylation sites (tertiary alicyclic amines) is 2. The first-order chi connectivity index (χ1) is 18.3. The van der Waals surface area contributed by atoms with Crippen LogP contribution in [-0.2, 0) is 4.74 Å². The number of benzene rings is 2. The topological polar surface area (TPSA) is 65.1 Å². The van der Waals surface area contributed by atoms with E-state index in [-0.39, 0.29) is 23.5 Å². The van der Waals surface area contributed by atoms with Gasteiger partial charge in [-0.15, -0.1) is 0 Å². The molecule has 3 amide bonds. The number of hydrogen-bond donors (Lipinski definition) is 1. The number of likely N-dealkylation sites (N-methyl/N-ethyl adjacent to an activating group) is 1. The van der Waals surface area contributed by atoms with Crippen molar-refractivity contribution >= 4 is 11.9 Å². The van der Waals surface area contributed by atoms with Crippen molar-refractivity contribution in [3.8, 4) is 11.1 Å². The third-order valence-corrected chi connectivity index (χ3v) is 8.16. The lowest BCUT2D eigenvalue weighted by molar-refractivity contribution is 0.0730. The molecule has 3 saturated heterocycles. The molecule has 0 aromatic heterocycles. The Morgan fingerprint density at radius 1 is 0.895 bits per heavy atom. The Balaban J connectivity index is 1.16. The summed E-state index contributed by atoms with van der Waals surface area (Å²) in [4.78, 5) is 31.6. The monoisotopic (exact) mass is 526 g/mol. The molecule has 0 spiro atoms. The fourth-order valence-electron chi connectivity index (χ4n) is 5.70. The minimum Gasteiger partial charge on any atom is -0.381 e. The second kappa shape index (κ2) is 11.4. The zero-order valence-electron chi connectivity index (χ0n) is 22.1. The van der Waals surface area contributed by atoms with E-state index in [1.807, 2.05) is 4.90 Å².